The molecule has 0 N–H and O–H groups in total. The summed E-state index contributed by atoms with van der Waals surface area (Å²) in [6.07, 6.45) is 7.55. The maximum atomic E-state index is 12.7. The highest BCUT2D eigenvalue weighted by molar-refractivity contribution is 5.76. The zero-order valence-electron chi connectivity index (χ0n) is 15.8. The molecule has 1 amide bonds. The van der Waals surface area contributed by atoms with E-state index in [9.17, 15) is 4.79 Å². The summed E-state index contributed by atoms with van der Waals surface area (Å²) in [5.74, 6) is 1.90. The fourth-order valence-electron chi connectivity index (χ4n) is 4.60. The molecular weight excluding hydrogens is 328 g/mol. The number of benzene rings is 1. The Morgan fingerprint density at radius 2 is 1.81 bits per heavy atom. The fourth-order valence-corrected chi connectivity index (χ4v) is 4.60. The molecule has 1 aromatic carbocycles. The second-order valence-corrected chi connectivity index (χ2v) is 8.23. The molecule has 3 heterocycles. The minimum atomic E-state index is 0.295. The van der Waals surface area contributed by atoms with Gasteiger partial charge in [0.05, 0.1) is 0 Å². The van der Waals surface area contributed by atoms with Gasteiger partial charge in [-0.3, -0.25) is 4.79 Å². The second-order valence-electron chi connectivity index (χ2n) is 8.23. The van der Waals surface area contributed by atoms with Crippen molar-refractivity contribution in [2.24, 2.45) is 5.41 Å². The number of likely N-dealkylation sites (tertiary alicyclic amines) is 2. The predicted octanol–water partition coefficient (Wildman–Crippen LogP) is 3.07. The van der Waals surface area contributed by atoms with Crippen molar-refractivity contribution in [3.8, 4) is 11.5 Å². The van der Waals surface area contributed by atoms with Gasteiger partial charge in [0.25, 0.3) is 0 Å². The van der Waals surface area contributed by atoms with Gasteiger partial charge in [-0.2, -0.15) is 0 Å². The Morgan fingerprint density at radius 3 is 2.65 bits per heavy atom. The predicted molar refractivity (Wildman–Crippen MR) is 100 cm³/mol. The Labute approximate surface area is 156 Å². The van der Waals surface area contributed by atoms with Crippen LogP contribution >= 0.6 is 0 Å². The number of aryl methyl sites for hydroxylation is 1. The molecule has 0 saturated carbocycles. The quantitative estimate of drug-likeness (QED) is 0.833. The molecule has 5 heteroatoms. The topological polar surface area (TPSA) is 42.0 Å². The summed E-state index contributed by atoms with van der Waals surface area (Å²) in [5.41, 5.74) is 1.63. The number of fused-ring (bicyclic) bond motifs is 1. The van der Waals surface area contributed by atoms with E-state index in [-0.39, 0.29) is 0 Å². The molecule has 26 heavy (non-hydrogen) atoms. The smallest absolute Gasteiger partial charge is 0.231 e. The first-order valence-electron chi connectivity index (χ1n) is 9.98. The van der Waals surface area contributed by atoms with Crippen molar-refractivity contribution in [1.82, 2.24) is 9.80 Å². The molecule has 2 fully saturated rings. The Balaban J connectivity index is 1.29. The number of carbonyl (C=O) groups excluding carboxylic acids is 1. The van der Waals surface area contributed by atoms with Crippen molar-refractivity contribution in [1.29, 1.82) is 0 Å². The first-order chi connectivity index (χ1) is 12.6. The summed E-state index contributed by atoms with van der Waals surface area (Å²) in [6, 6.07) is 5.99. The molecule has 3 aliphatic rings. The van der Waals surface area contributed by atoms with Crippen LogP contribution in [0.5, 0.6) is 11.5 Å². The van der Waals surface area contributed by atoms with Crippen LogP contribution in [0.3, 0.4) is 0 Å². The van der Waals surface area contributed by atoms with Crippen LogP contribution in [0.25, 0.3) is 0 Å². The Bertz CT molecular complexity index is 653. The lowest BCUT2D eigenvalue weighted by atomic mass is 9.73. The van der Waals surface area contributed by atoms with Crippen LogP contribution in [-0.4, -0.2) is 55.7 Å². The van der Waals surface area contributed by atoms with Crippen molar-refractivity contribution in [3.63, 3.8) is 0 Å². The van der Waals surface area contributed by atoms with E-state index in [0.717, 1.165) is 43.0 Å². The third-order valence-electron chi connectivity index (χ3n) is 6.51. The van der Waals surface area contributed by atoms with E-state index < -0.39 is 0 Å². The number of carbonyl (C=O) groups is 1. The summed E-state index contributed by atoms with van der Waals surface area (Å²) >= 11 is 0. The number of hydrogen-bond donors (Lipinski definition) is 0. The van der Waals surface area contributed by atoms with Gasteiger partial charge in [-0.05, 0) is 81.8 Å². The lowest BCUT2D eigenvalue weighted by Crippen LogP contribution is -2.39. The van der Waals surface area contributed by atoms with Gasteiger partial charge in [0, 0.05) is 19.5 Å². The van der Waals surface area contributed by atoms with Crippen molar-refractivity contribution in [2.45, 2.75) is 44.9 Å². The Hall–Kier alpha value is -1.75. The molecule has 2 saturated heterocycles. The highest BCUT2D eigenvalue weighted by atomic mass is 16.7. The molecule has 4 rings (SSSR count). The van der Waals surface area contributed by atoms with Gasteiger partial charge in [0.1, 0.15) is 0 Å². The van der Waals surface area contributed by atoms with Crippen LogP contribution in [0.2, 0.25) is 0 Å². The molecule has 0 aliphatic carbocycles. The van der Waals surface area contributed by atoms with Crippen molar-refractivity contribution in [3.05, 3.63) is 23.8 Å². The molecule has 0 atom stereocenters. The van der Waals surface area contributed by atoms with E-state index in [0.29, 0.717) is 24.5 Å². The van der Waals surface area contributed by atoms with Gasteiger partial charge in [-0.25, -0.2) is 0 Å². The van der Waals surface area contributed by atoms with Crippen LogP contribution in [0, 0.1) is 5.41 Å². The summed E-state index contributed by atoms with van der Waals surface area (Å²) in [7, 11) is 2.22. The van der Waals surface area contributed by atoms with Gasteiger partial charge in [-0.15, -0.1) is 0 Å². The lowest BCUT2D eigenvalue weighted by Gasteiger charge is -2.40. The molecule has 0 unspecified atom stereocenters. The molecule has 3 aliphatic heterocycles. The monoisotopic (exact) mass is 358 g/mol. The maximum Gasteiger partial charge on any atom is 0.231 e. The van der Waals surface area contributed by atoms with Crippen molar-refractivity contribution >= 4 is 5.91 Å². The van der Waals surface area contributed by atoms with Crippen LogP contribution in [0.1, 0.15) is 44.1 Å². The Kier molecular flexibility index (Phi) is 5.07. The van der Waals surface area contributed by atoms with E-state index in [1.807, 2.05) is 18.2 Å². The second kappa shape index (κ2) is 7.47. The summed E-state index contributed by atoms with van der Waals surface area (Å²) in [6.45, 7) is 4.57. The zero-order valence-corrected chi connectivity index (χ0v) is 15.8. The highest BCUT2D eigenvalue weighted by Crippen LogP contribution is 2.41. The molecule has 5 nitrogen and oxygen atoms in total. The molecular formula is C21H30N2O3. The van der Waals surface area contributed by atoms with Crippen LogP contribution in [-0.2, 0) is 11.2 Å². The van der Waals surface area contributed by atoms with Gasteiger partial charge >= 0.3 is 0 Å². The maximum absolute atomic E-state index is 12.7. The van der Waals surface area contributed by atoms with Crippen molar-refractivity contribution in [2.75, 3.05) is 40.0 Å². The SMILES string of the molecule is CN1CCC2(CCCN(C(=O)CCc3ccc4c(c3)OCO4)CC2)CC1. The van der Waals surface area contributed by atoms with E-state index >= 15 is 0 Å². The lowest BCUT2D eigenvalue weighted by molar-refractivity contribution is -0.131. The average molecular weight is 358 g/mol. The zero-order chi connectivity index (χ0) is 18.0. The number of hydrogen-bond acceptors (Lipinski definition) is 4. The third kappa shape index (κ3) is 3.83. The number of piperidine rings is 1. The minimum absolute atomic E-state index is 0.295. The number of rotatable bonds is 3. The van der Waals surface area contributed by atoms with E-state index in [2.05, 4.69) is 16.8 Å². The van der Waals surface area contributed by atoms with E-state index in [1.54, 1.807) is 0 Å². The van der Waals surface area contributed by atoms with Gasteiger partial charge in [0.2, 0.25) is 12.7 Å². The number of amides is 1. The average Bonchev–Trinajstić information content (AvgIpc) is 3.02. The molecule has 0 bridgehead atoms. The van der Waals surface area contributed by atoms with Crippen LogP contribution in [0.15, 0.2) is 18.2 Å². The first kappa shape index (κ1) is 17.7. The van der Waals surface area contributed by atoms with Gasteiger partial charge in [-0.1, -0.05) is 6.07 Å². The molecule has 0 radical (unpaired) electrons. The fraction of sp³-hybridized carbons (Fsp3) is 0.667. The normalized spacial score (nSPS) is 22.4. The standard InChI is InChI=1S/C21H30N2O3/c1-22-12-8-21(9-13-22)7-2-11-23(14-10-21)20(24)6-4-17-3-5-18-19(15-17)26-16-25-18/h3,5,15H,2,4,6-14,16H2,1H3. The van der Waals surface area contributed by atoms with Crippen LogP contribution < -0.4 is 9.47 Å². The highest BCUT2D eigenvalue weighted by Gasteiger charge is 2.35. The summed E-state index contributed by atoms with van der Waals surface area (Å²) in [4.78, 5) is 17.3. The first-order valence-corrected chi connectivity index (χ1v) is 9.98. The molecule has 142 valence electrons. The Morgan fingerprint density at radius 1 is 1.04 bits per heavy atom. The van der Waals surface area contributed by atoms with Gasteiger partial charge in [0.15, 0.2) is 11.5 Å². The minimum Gasteiger partial charge on any atom is -0.454 e. The van der Waals surface area contributed by atoms with Crippen molar-refractivity contribution < 1.29 is 14.3 Å². The third-order valence-corrected chi connectivity index (χ3v) is 6.51. The number of ether oxygens (including phenoxy) is 2. The van der Waals surface area contributed by atoms with Crippen LogP contribution in [0.4, 0.5) is 0 Å². The largest absolute Gasteiger partial charge is 0.454 e. The molecule has 0 aromatic heterocycles. The summed E-state index contributed by atoms with van der Waals surface area (Å²) in [5, 5.41) is 0. The molecule has 1 aromatic rings. The molecule has 1 spiro atoms. The van der Waals surface area contributed by atoms with E-state index in [4.69, 9.17) is 9.47 Å². The summed E-state index contributed by atoms with van der Waals surface area (Å²) < 4.78 is 10.8. The van der Waals surface area contributed by atoms with Gasteiger partial charge < -0.3 is 19.3 Å². The van der Waals surface area contributed by atoms with E-state index in [1.165, 1.54) is 38.8 Å². The number of nitrogens with zero attached hydrogens (tertiary/aromatic N) is 2.